The van der Waals surface area contributed by atoms with Gasteiger partial charge in [0.2, 0.25) is 0 Å². The predicted octanol–water partition coefficient (Wildman–Crippen LogP) is 2.27. The lowest BCUT2D eigenvalue weighted by molar-refractivity contribution is -0.0197. The molecule has 0 spiro atoms. The third kappa shape index (κ3) is 3.13. The molecule has 1 aromatic rings. The molecule has 0 amide bonds. The van der Waals surface area contributed by atoms with Gasteiger partial charge in [-0.3, -0.25) is 4.90 Å². The van der Waals surface area contributed by atoms with Crippen LogP contribution < -0.4 is 4.74 Å². The Morgan fingerprint density at radius 3 is 3.11 bits per heavy atom. The minimum absolute atomic E-state index is 0.0362. The average Bonchev–Trinajstić information content (AvgIpc) is 2.41. The zero-order chi connectivity index (χ0) is 13.0. The quantitative estimate of drug-likeness (QED) is 0.786. The summed E-state index contributed by atoms with van der Waals surface area (Å²) in [5, 5.41) is 0. The lowest BCUT2D eigenvalue weighted by atomic mass is 10.1. The third-order valence-corrected chi connectivity index (χ3v) is 3.40. The molecule has 2 rings (SSSR count). The topological polar surface area (TPSA) is 21.7 Å². The van der Waals surface area contributed by atoms with Crippen molar-refractivity contribution in [2.45, 2.75) is 12.6 Å². The van der Waals surface area contributed by atoms with Gasteiger partial charge in [-0.05, 0) is 6.07 Å². The standard InChI is InChI=1S/C13H17ClFNO2/c1-17-12-4-2-3-10(13(12)15)8-16-5-6-18-11(7-14)9-16/h2-4,11H,5-9H2,1H3. The first-order valence-electron chi connectivity index (χ1n) is 5.96. The average molecular weight is 274 g/mol. The van der Waals surface area contributed by atoms with Crippen LogP contribution in [0.4, 0.5) is 4.39 Å². The molecular weight excluding hydrogens is 257 g/mol. The molecule has 1 aliphatic heterocycles. The van der Waals surface area contributed by atoms with Gasteiger partial charge in [0, 0.05) is 31.1 Å². The van der Waals surface area contributed by atoms with Gasteiger partial charge in [-0.15, -0.1) is 11.6 Å². The Kier molecular flexibility index (Phi) is 4.80. The molecule has 0 saturated carbocycles. The molecule has 0 bridgehead atoms. The van der Waals surface area contributed by atoms with Crippen molar-refractivity contribution in [3.05, 3.63) is 29.6 Å². The molecule has 0 aliphatic carbocycles. The fraction of sp³-hybridized carbons (Fsp3) is 0.538. The number of morpholine rings is 1. The molecular formula is C13H17ClFNO2. The number of hydrogen-bond acceptors (Lipinski definition) is 3. The first kappa shape index (κ1) is 13.6. The Hall–Kier alpha value is -0.840. The van der Waals surface area contributed by atoms with Crippen LogP contribution in [0.25, 0.3) is 0 Å². The summed E-state index contributed by atoms with van der Waals surface area (Å²) in [4.78, 5) is 2.15. The van der Waals surface area contributed by atoms with E-state index in [-0.39, 0.29) is 17.7 Å². The van der Waals surface area contributed by atoms with Gasteiger partial charge in [0.25, 0.3) is 0 Å². The van der Waals surface area contributed by atoms with Crippen molar-refractivity contribution >= 4 is 11.6 Å². The second kappa shape index (κ2) is 6.36. The molecule has 1 saturated heterocycles. The van der Waals surface area contributed by atoms with E-state index in [0.717, 1.165) is 13.1 Å². The minimum Gasteiger partial charge on any atom is -0.494 e. The van der Waals surface area contributed by atoms with Crippen LogP contribution in [0, 0.1) is 5.82 Å². The summed E-state index contributed by atoms with van der Waals surface area (Å²) in [5.41, 5.74) is 0.643. The molecule has 5 heteroatoms. The van der Waals surface area contributed by atoms with Crippen LogP contribution in [0.2, 0.25) is 0 Å². The van der Waals surface area contributed by atoms with E-state index in [1.54, 1.807) is 18.2 Å². The maximum atomic E-state index is 14.0. The van der Waals surface area contributed by atoms with E-state index in [4.69, 9.17) is 21.1 Å². The lowest BCUT2D eigenvalue weighted by Gasteiger charge is -2.32. The molecule has 0 N–H and O–H groups in total. The van der Waals surface area contributed by atoms with Crippen LogP contribution in [-0.2, 0) is 11.3 Å². The third-order valence-electron chi connectivity index (χ3n) is 3.05. The first-order chi connectivity index (χ1) is 8.74. The van der Waals surface area contributed by atoms with E-state index in [9.17, 15) is 4.39 Å². The normalized spacial score (nSPS) is 20.9. The predicted molar refractivity (Wildman–Crippen MR) is 68.7 cm³/mol. The zero-order valence-electron chi connectivity index (χ0n) is 10.4. The largest absolute Gasteiger partial charge is 0.494 e. The van der Waals surface area contributed by atoms with Crippen LogP contribution in [0.15, 0.2) is 18.2 Å². The molecule has 0 aromatic heterocycles. The second-order valence-electron chi connectivity index (χ2n) is 4.32. The lowest BCUT2D eigenvalue weighted by Crippen LogP contribution is -2.42. The van der Waals surface area contributed by atoms with Crippen LogP contribution in [-0.4, -0.2) is 43.7 Å². The highest BCUT2D eigenvalue weighted by Crippen LogP contribution is 2.22. The van der Waals surface area contributed by atoms with Crippen LogP contribution in [0.1, 0.15) is 5.56 Å². The summed E-state index contributed by atoms with van der Waals surface area (Å²) >= 11 is 5.78. The van der Waals surface area contributed by atoms with E-state index >= 15 is 0 Å². The monoisotopic (exact) mass is 273 g/mol. The number of nitrogens with zero attached hydrogens (tertiary/aromatic N) is 1. The summed E-state index contributed by atoms with van der Waals surface area (Å²) in [5.74, 6) is 0.473. The first-order valence-corrected chi connectivity index (χ1v) is 6.49. The van der Waals surface area contributed by atoms with Gasteiger partial charge in [-0.2, -0.15) is 0 Å². The highest BCUT2D eigenvalue weighted by atomic mass is 35.5. The summed E-state index contributed by atoms with van der Waals surface area (Å²) in [6.45, 7) is 2.73. The number of halogens is 2. The van der Waals surface area contributed by atoms with E-state index < -0.39 is 0 Å². The van der Waals surface area contributed by atoms with E-state index in [2.05, 4.69) is 4.90 Å². The van der Waals surface area contributed by atoms with Crippen LogP contribution in [0.3, 0.4) is 0 Å². The van der Waals surface area contributed by atoms with E-state index in [0.29, 0.717) is 24.6 Å². The molecule has 1 unspecified atom stereocenters. The van der Waals surface area contributed by atoms with Gasteiger partial charge in [-0.1, -0.05) is 12.1 Å². The Bertz CT molecular complexity index is 403. The van der Waals surface area contributed by atoms with Crippen molar-refractivity contribution in [3.63, 3.8) is 0 Å². The van der Waals surface area contributed by atoms with Gasteiger partial charge in [-0.25, -0.2) is 4.39 Å². The van der Waals surface area contributed by atoms with Crippen molar-refractivity contribution in [1.29, 1.82) is 0 Å². The number of ether oxygens (including phenoxy) is 2. The van der Waals surface area contributed by atoms with E-state index in [1.807, 2.05) is 0 Å². The number of alkyl halides is 1. The summed E-state index contributed by atoms with van der Waals surface area (Å²) in [6, 6.07) is 5.21. The maximum Gasteiger partial charge on any atom is 0.169 e. The summed E-state index contributed by atoms with van der Waals surface area (Å²) < 4.78 is 24.5. The molecule has 1 heterocycles. The van der Waals surface area contributed by atoms with Gasteiger partial charge >= 0.3 is 0 Å². The second-order valence-corrected chi connectivity index (χ2v) is 4.62. The van der Waals surface area contributed by atoms with Gasteiger partial charge < -0.3 is 9.47 Å². The molecule has 18 heavy (non-hydrogen) atoms. The molecule has 1 atom stereocenters. The van der Waals surface area contributed by atoms with Crippen LogP contribution >= 0.6 is 11.6 Å². The Morgan fingerprint density at radius 1 is 1.56 bits per heavy atom. The molecule has 3 nitrogen and oxygen atoms in total. The Labute approximate surface area is 111 Å². The van der Waals surface area contributed by atoms with Gasteiger partial charge in [0.1, 0.15) is 0 Å². The number of benzene rings is 1. The highest BCUT2D eigenvalue weighted by Gasteiger charge is 2.21. The van der Waals surface area contributed by atoms with Gasteiger partial charge in [0.05, 0.1) is 19.8 Å². The van der Waals surface area contributed by atoms with E-state index in [1.165, 1.54) is 7.11 Å². The van der Waals surface area contributed by atoms with Crippen molar-refractivity contribution < 1.29 is 13.9 Å². The van der Waals surface area contributed by atoms with Crippen molar-refractivity contribution in [2.75, 3.05) is 32.7 Å². The highest BCUT2D eigenvalue weighted by molar-refractivity contribution is 6.18. The van der Waals surface area contributed by atoms with Crippen molar-refractivity contribution in [3.8, 4) is 5.75 Å². The molecule has 1 aromatic carbocycles. The fourth-order valence-corrected chi connectivity index (χ4v) is 2.28. The van der Waals surface area contributed by atoms with Gasteiger partial charge in [0.15, 0.2) is 11.6 Å². The Morgan fingerprint density at radius 2 is 2.39 bits per heavy atom. The maximum absolute atomic E-state index is 14.0. The fourth-order valence-electron chi connectivity index (χ4n) is 2.09. The number of hydrogen-bond donors (Lipinski definition) is 0. The Balaban J connectivity index is 2.04. The summed E-state index contributed by atoms with van der Waals surface area (Å²) in [6.07, 6.45) is 0.0362. The molecule has 0 radical (unpaired) electrons. The van der Waals surface area contributed by atoms with Crippen molar-refractivity contribution in [2.24, 2.45) is 0 Å². The minimum atomic E-state index is -0.283. The zero-order valence-corrected chi connectivity index (χ0v) is 11.1. The smallest absolute Gasteiger partial charge is 0.169 e. The molecule has 1 fully saturated rings. The van der Waals surface area contributed by atoms with Crippen molar-refractivity contribution in [1.82, 2.24) is 4.90 Å². The number of methoxy groups -OCH3 is 1. The molecule has 1 aliphatic rings. The van der Waals surface area contributed by atoms with Crippen LogP contribution in [0.5, 0.6) is 5.75 Å². The SMILES string of the molecule is COc1cccc(CN2CCOC(CCl)C2)c1F. The summed E-state index contributed by atoms with van der Waals surface area (Å²) in [7, 11) is 1.47. The molecule has 100 valence electrons. The number of rotatable bonds is 4.